The number of esters is 1. The fourth-order valence-corrected chi connectivity index (χ4v) is 8.18. The summed E-state index contributed by atoms with van der Waals surface area (Å²) >= 11 is 0. The molecule has 3 heterocycles. The second kappa shape index (κ2) is 12.7. The van der Waals surface area contributed by atoms with E-state index >= 15 is 0 Å². The van der Waals surface area contributed by atoms with E-state index in [-0.39, 0.29) is 64.7 Å². The third-order valence-corrected chi connectivity index (χ3v) is 10.9. The van der Waals surface area contributed by atoms with Crippen molar-refractivity contribution >= 4 is 79.3 Å². The topological polar surface area (TPSA) is 148 Å². The Labute approximate surface area is 323 Å². The van der Waals surface area contributed by atoms with Crippen molar-refractivity contribution in [3.8, 4) is 0 Å². The molecule has 0 unspecified atom stereocenters. The molecule has 6 aromatic carbocycles. The zero-order chi connectivity index (χ0) is 39.1. The second-order valence-electron chi connectivity index (χ2n) is 14.2. The Morgan fingerprint density at radius 1 is 0.561 bits per heavy atom. The Morgan fingerprint density at radius 3 is 1.86 bits per heavy atom. The summed E-state index contributed by atoms with van der Waals surface area (Å²) in [6.45, 7) is -0.0923. The highest BCUT2D eigenvalue weighted by Gasteiger charge is 2.42. The molecular formula is C46H27N3O8. The highest BCUT2D eigenvalue weighted by Crippen LogP contribution is 2.39. The standard InChI is InChI=1S/C46H27N3O8/c50-40-32-21-26-7-1-2-8-27(26)22-33(32)41(51)38(40)35-18-16-25-11-5-14-36(39(25)47-35)49-44(54)29-17-15-28(23-34(29)45(49)55)46(56)57-20-6-19-48-42(52)30-12-3-9-24-10-4-13-31(37(24)30)43(48)53/h1-5,7-18,21-23,38H,6,19-20H2. The Balaban J connectivity index is 0.863. The van der Waals surface area contributed by atoms with Gasteiger partial charge in [-0.2, -0.15) is 0 Å². The van der Waals surface area contributed by atoms with Crippen molar-refractivity contribution in [2.75, 3.05) is 18.1 Å². The number of amides is 4. The maximum absolute atomic E-state index is 13.9. The van der Waals surface area contributed by atoms with Gasteiger partial charge in [-0.25, -0.2) is 14.7 Å². The maximum atomic E-state index is 13.9. The average molecular weight is 750 g/mol. The van der Waals surface area contributed by atoms with Crippen LogP contribution in [0.2, 0.25) is 0 Å². The molecule has 274 valence electrons. The van der Waals surface area contributed by atoms with Crippen LogP contribution in [-0.2, 0) is 4.74 Å². The first-order valence-corrected chi connectivity index (χ1v) is 18.3. The normalized spacial score (nSPS) is 15.0. The lowest BCUT2D eigenvalue weighted by Crippen LogP contribution is -2.41. The van der Waals surface area contributed by atoms with E-state index in [0.717, 1.165) is 26.0 Å². The van der Waals surface area contributed by atoms with E-state index in [1.54, 1.807) is 66.7 Å². The number of hydrogen-bond donors (Lipinski definition) is 0. The molecule has 2 aliphatic heterocycles. The van der Waals surface area contributed by atoms with E-state index in [0.29, 0.717) is 33.0 Å². The van der Waals surface area contributed by atoms with Crippen molar-refractivity contribution in [2.45, 2.75) is 12.3 Å². The van der Waals surface area contributed by atoms with E-state index in [2.05, 4.69) is 0 Å². The van der Waals surface area contributed by atoms with Crippen molar-refractivity contribution in [2.24, 2.45) is 0 Å². The van der Waals surface area contributed by atoms with Crippen LogP contribution >= 0.6 is 0 Å². The van der Waals surface area contributed by atoms with Crippen LogP contribution in [0.3, 0.4) is 0 Å². The number of anilines is 1. The number of pyridine rings is 1. The summed E-state index contributed by atoms with van der Waals surface area (Å²) in [4.78, 5) is 102. The van der Waals surface area contributed by atoms with Crippen LogP contribution in [0.4, 0.5) is 5.69 Å². The van der Waals surface area contributed by atoms with Crippen LogP contribution < -0.4 is 4.90 Å². The number of hydrogen-bond acceptors (Lipinski definition) is 9. The van der Waals surface area contributed by atoms with E-state index in [1.807, 2.05) is 36.4 Å². The van der Waals surface area contributed by atoms with E-state index < -0.39 is 35.5 Å². The van der Waals surface area contributed by atoms with Gasteiger partial charge in [0.25, 0.3) is 23.6 Å². The summed E-state index contributed by atoms with van der Waals surface area (Å²) in [6, 6.07) is 33.9. The zero-order valence-corrected chi connectivity index (χ0v) is 29.9. The number of benzene rings is 6. The molecule has 0 N–H and O–H groups in total. The van der Waals surface area contributed by atoms with Crippen LogP contribution in [-0.4, -0.2) is 64.2 Å². The fourth-order valence-electron chi connectivity index (χ4n) is 8.18. The minimum atomic E-state index is -1.18. The summed E-state index contributed by atoms with van der Waals surface area (Å²) in [6.07, 6.45) is 0.175. The lowest BCUT2D eigenvalue weighted by atomic mass is 9.94. The number of para-hydroxylation sites is 1. The third-order valence-electron chi connectivity index (χ3n) is 10.9. The Morgan fingerprint density at radius 2 is 1.18 bits per heavy atom. The maximum Gasteiger partial charge on any atom is 0.338 e. The van der Waals surface area contributed by atoms with Crippen molar-refractivity contribution < 1.29 is 38.3 Å². The number of carbonyl (C=O) groups excluding carboxylic acids is 7. The SMILES string of the molecule is O=C(OCCCN1C(=O)c2cccc3cccc(c23)C1=O)c1ccc2c(c1)C(=O)N(c1cccc3ccc(C4C(=O)c5cc6ccccc6cc5C4=O)nc13)C2=O. The smallest absolute Gasteiger partial charge is 0.338 e. The molecule has 0 saturated carbocycles. The number of ketones is 2. The second-order valence-corrected chi connectivity index (χ2v) is 14.2. The molecule has 11 heteroatoms. The molecule has 3 aliphatic rings. The van der Waals surface area contributed by atoms with Crippen molar-refractivity contribution in [1.29, 1.82) is 0 Å². The van der Waals surface area contributed by atoms with Gasteiger partial charge in [-0.3, -0.25) is 33.7 Å². The van der Waals surface area contributed by atoms with Gasteiger partial charge in [0.1, 0.15) is 5.92 Å². The van der Waals surface area contributed by atoms with Gasteiger partial charge in [-0.1, -0.05) is 66.7 Å². The lowest BCUT2D eigenvalue weighted by molar-refractivity contribution is 0.0475. The number of imide groups is 2. The number of nitrogens with zero attached hydrogens (tertiary/aromatic N) is 3. The molecule has 1 aliphatic carbocycles. The van der Waals surface area contributed by atoms with Crippen LogP contribution in [0.15, 0.2) is 121 Å². The predicted octanol–water partition coefficient (Wildman–Crippen LogP) is 7.35. The first kappa shape index (κ1) is 33.9. The minimum Gasteiger partial charge on any atom is -0.462 e. The van der Waals surface area contributed by atoms with Gasteiger partial charge in [0.2, 0.25) is 0 Å². The van der Waals surface area contributed by atoms with Gasteiger partial charge in [0, 0.05) is 39.6 Å². The van der Waals surface area contributed by atoms with Crippen molar-refractivity contribution in [3.05, 3.63) is 166 Å². The van der Waals surface area contributed by atoms with Crippen LogP contribution in [0.5, 0.6) is 0 Å². The Hall–Kier alpha value is -7.66. The van der Waals surface area contributed by atoms with Crippen LogP contribution in [0.25, 0.3) is 32.4 Å². The predicted molar refractivity (Wildman–Crippen MR) is 209 cm³/mol. The number of Topliss-reactive ketones (excluding diaryl/α,β-unsaturated/α-hetero) is 2. The summed E-state index contributed by atoms with van der Waals surface area (Å²) in [7, 11) is 0. The van der Waals surface area contributed by atoms with Gasteiger partial charge < -0.3 is 4.74 Å². The minimum absolute atomic E-state index is 0.0105. The van der Waals surface area contributed by atoms with E-state index in [9.17, 15) is 33.6 Å². The lowest BCUT2D eigenvalue weighted by Gasteiger charge is -2.27. The number of aromatic nitrogens is 1. The molecule has 0 saturated heterocycles. The molecule has 7 aromatic rings. The third kappa shape index (κ3) is 5.12. The summed E-state index contributed by atoms with van der Waals surface area (Å²) in [5, 5.41) is 3.67. The Kier molecular flexibility index (Phi) is 7.55. The number of rotatable bonds is 7. The van der Waals surface area contributed by atoms with Gasteiger partial charge >= 0.3 is 5.97 Å². The summed E-state index contributed by atoms with van der Waals surface area (Å²) in [5.74, 6) is -4.83. The zero-order valence-electron chi connectivity index (χ0n) is 29.9. The summed E-state index contributed by atoms with van der Waals surface area (Å²) in [5.41, 5.74) is 2.22. The fraction of sp³-hybridized carbons (Fsp3) is 0.0870. The van der Waals surface area contributed by atoms with Gasteiger partial charge in [-0.15, -0.1) is 0 Å². The number of fused-ring (bicyclic) bond motifs is 4. The molecule has 0 spiro atoms. The molecule has 10 rings (SSSR count). The van der Waals surface area contributed by atoms with E-state index in [1.165, 1.54) is 18.2 Å². The molecule has 57 heavy (non-hydrogen) atoms. The van der Waals surface area contributed by atoms with E-state index in [4.69, 9.17) is 9.72 Å². The van der Waals surface area contributed by atoms with Crippen molar-refractivity contribution in [1.82, 2.24) is 9.88 Å². The quantitative estimate of drug-likeness (QED) is 0.0706. The summed E-state index contributed by atoms with van der Waals surface area (Å²) < 4.78 is 5.47. The van der Waals surface area contributed by atoms with Crippen molar-refractivity contribution in [3.63, 3.8) is 0 Å². The molecule has 11 nitrogen and oxygen atoms in total. The molecule has 0 fully saturated rings. The molecular weight excluding hydrogens is 723 g/mol. The molecule has 0 radical (unpaired) electrons. The van der Waals surface area contributed by atoms with Gasteiger partial charge in [0.05, 0.1) is 40.2 Å². The largest absolute Gasteiger partial charge is 0.462 e. The average Bonchev–Trinajstić information content (AvgIpc) is 3.63. The first-order valence-electron chi connectivity index (χ1n) is 18.3. The molecule has 0 atom stereocenters. The number of ether oxygens (including phenoxy) is 1. The Bertz CT molecular complexity index is 2940. The first-order chi connectivity index (χ1) is 27.7. The van der Waals surface area contributed by atoms with Crippen LogP contribution in [0, 0.1) is 0 Å². The monoisotopic (exact) mass is 749 g/mol. The van der Waals surface area contributed by atoms with Crippen LogP contribution in [0.1, 0.15) is 90.5 Å². The number of carbonyl (C=O) groups is 7. The van der Waals surface area contributed by atoms with Gasteiger partial charge in [0.15, 0.2) is 11.6 Å². The highest BCUT2D eigenvalue weighted by atomic mass is 16.5. The van der Waals surface area contributed by atoms with Gasteiger partial charge in [-0.05, 0) is 77.2 Å². The molecule has 1 aromatic heterocycles. The highest BCUT2D eigenvalue weighted by molar-refractivity contribution is 6.36. The molecule has 4 amide bonds. The molecule has 0 bridgehead atoms.